The minimum atomic E-state index is -0.873. The standard InChI is InChI=1S/C21H28N4O4/c1-4-14-9-11-21(12-10-14)19(28)25(20(29)23-21)13-17(26)22-16-8-6-5-7-15(16)18(27)24(2)3/h5-8,14H,4,9-13H2,1-3H3,(H,22,26)(H,23,29). The number of anilines is 1. The zero-order valence-corrected chi connectivity index (χ0v) is 17.2. The summed E-state index contributed by atoms with van der Waals surface area (Å²) in [6.45, 7) is 1.75. The summed E-state index contributed by atoms with van der Waals surface area (Å²) in [5, 5.41) is 5.49. The van der Waals surface area contributed by atoms with Crippen molar-refractivity contribution in [2.45, 2.75) is 44.6 Å². The van der Waals surface area contributed by atoms with Crippen molar-refractivity contribution in [1.29, 1.82) is 0 Å². The number of amides is 5. The highest BCUT2D eigenvalue weighted by atomic mass is 16.2. The van der Waals surface area contributed by atoms with Gasteiger partial charge in [0.2, 0.25) is 5.91 Å². The van der Waals surface area contributed by atoms with Crippen LogP contribution >= 0.6 is 0 Å². The summed E-state index contributed by atoms with van der Waals surface area (Å²) in [5.74, 6) is -0.521. The first-order valence-electron chi connectivity index (χ1n) is 10.0. The van der Waals surface area contributed by atoms with Crippen molar-refractivity contribution in [3.05, 3.63) is 29.8 Å². The van der Waals surface area contributed by atoms with Gasteiger partial charge in [-0.1, -0.05) is 25.5 Å². The fourth-order valence-corrected chi connectivity index (χ4v) is 4.09. The predicted molar refractivity (Wildman–Crippen MR) is 108 cm³/mol. The highest BCUT2D eigenvalue weighted by molar-refractivity contribution is 6.11. The Balaban J connectivity index is 1.68. The lowest BCUT2D eigenvalue weighted by atomic mass is 9.75. The van der Waals surface area contributed by atoms with Crippen LogP contribution < -0.4 is 10.6 Å². The summed E-state index contributed by atoms with van der Waals surface area (Å²) >= 11 is 0. The van der Waals surface area contributed by atoms with Gasteiger partial charge in [0.25, 0.3) is 11.8 Å². The van der Waals surface area contributed by atoms with Gasteiger partial charge in [0.15, 0.2) is 0 Å². The lowest BCUT2D eigenvalue weighted by Crippen LogP contribution is -2.49. The lowest BCUT2D eigenvalue weighted by molar-refractivity contribution is -0.135. The Morgan fingerprint density at radius 2 is 1.86 bits per heavy atom. The Labute approximate surface area is 170 Å². The molecule has 0 atom stereocenters. The maximum Gasteiger partial charge on any atom is 0.325 e. The smallest absolute Gasteiger partial charge is 0.325 e. The number of hydrogen-bond donors (Lipinski definition) is 2. The second-order valence-electron chi connectivity index (χ2n) is 8.05. The number of hydrogen-bond acceptors (Lipinski definition) is 4. The zero-order valence-electron chi connectivity index (χ0n) is 17.2. The minimum Gasteiger partial charge on any atom is -0.345 e. The predicted octanol–water partition coefficient (Wildman–Crippen LogP) is 2.22. The summed E-state index contributed by atoms with van der Waals surface area (Å²) in [6.07, 6.45) is 4.06. The van der Waals surface area contributed by atoms with Gasteiger partial charge in [-0.15, -0.1) is 0 Å². The summed E-state index contributed by atoms with van der Waals surface area (Å²) in [5.41, 5.74) is -0.180. The van der Waals surface area contributed by atoms with Gasteiger partial charge in [-0.05, 0) is 43.7 Å². The molecule has 1 heterocycles. The van der Waals surface area contributed by atoms with Crippen LogP contribution in [0.3, 0.4) is 0 Å². The number of para-hydroxylation sites is 1. The Bertz CT molecular complexity index is 828. The van der Waals surface area contributed by atoms with Crippen LogP contribution in [-0.4, -0.2) is 59.7 Å². The molecular formula is C21H28N4O4. The summed E-state index contributed by atoms with van der Waals surface area (Å²) in [6, 6.07) is 6.12. The molecule has 29 heavy (non-hydrogen) atoms. The van der Waals surface area contributed by atoms with E-state index in [2.05, 4.69) is 17.6 Å². The van der Waals surface area contributed by atoms with E-state index in [-0.39, 0.29) is 18.4 Å². The highest BCUT2D eigenvalue weighted by Crippen LogP contribution is 2.37. The van der Waals surface area contributed by atoms with Crippen molar-refractivity contribution >= 4 is 29.4 Å². The summed E-state index contributed by atoms with van der Waals surface area (Å²) in [7, 11) is 3.25. The maximum atomic E-state index is 12.9. The highest BCUT2D eigenvalue weighted by Gasteiger charge is 2.52. The van der Waals surface area contributed by atoms with Crippen molar-refractivity contribution in [1.82, 2.24) is 15.1 Å². The van der Waals surface area contributed by atoms with Crippen LogP contribution in [0.5, 0.6) is 0 Å². The van der Waals surface area contributed by atoms with Crippen molar-refractivity contribution in [3.63, 3.8) is 0 Å². The number of carbonyl (C=O) groups is 4. The quantitative estimate of drug-likeness (QED) is 0.741. The molecule has 8 heteroatoms. The Morgan fingerprint density at radius 3 is 2.48 bits per heavy atom. The molecular weight excluding hydrogens is 372 g/mol. The number of nitrogens with zero attached hydrogens (tertiary/aromatic N) is 2. The molecule has 2 N–H and O–H groups in total. The first kappa shape index (κ1) is 20.8. The van der Waals surface area contributed by atoms with Crippen LogP contribution in [0.4, 0.5) is 10.5 Å². The SMILES string of the molecule is CCC1CCC2(CC1)NC(=O)N(CC(=O)Nc1ccccc1C(=O)N(C)C)C2=O. The number of benzene rings is 1. The molecule has 1 saturated heterocycles. The van der Waals surface area contributed by atoms with Gasteiger partial charge in [-0.25, -0.2) is 4.79 Å². The molecule has 0 aromatic heterocycles. The van der Waals surface area contributed by atoms with Crippen LogP contribution in [0.25, 0.3) is 0 Å². The molecule has 0 radical (unpaired) electrons. The van der Waals surface area contributed by atoms with E-state index in [1.807, 2.05) is 0 Å². The molecule has 3 rings (SSSR count). The first-order valence-corrected chi connectivity index (χ1v) is 10.0. The van der Waals surface area contributed by atoms with Gasteiger partial charge in [0.1, 0.15) is 12.1 Å². The van der Waals surface area contributed by atoms with E-state index >= 15 is 0 Å². The van der Waals surface area contributed by atoms with Gasteiger partial charge >= 0.3 is 6.03 Å². The molecule has 0 bridgehead atoms. The van der Waals surface area contributed by atoms with E-state index in [0.717, 1.165) is 24.2 Å². The molecule has 8 nitrogen and oxygen atoms in total. The van der Waals surface area contributed by atoms with E-state index in [0.29, 0.717) is 30.0 Å². The van der Waals surface area contributed by atoms with Gasteiger partial charge < -0.3 is 15.5 Å². The van der Waals surface area contributed by atoms with E-state index in [1.165, 1.54) is 4.90 Å². The van der Waals surface area contributed by atoms with E-state index < -0.39 is 17.5 Å². The maximum absolute atomic E-state index is 12.9. The van der Waals surface area contributed by atoms with Crippen molar-refractivity contribution in [2.24, 2.45) is 5.92 Å². The minimum absolute atomic E-state index is 0.248. The number of rotatable bonds is 5. The normalized spacial score (nSPS) is 23.8. The van der Waals surface area contributed by atoms with Crippen molar-refractivity contribution in [3.8, 4) is 0 Å². The van der Waals surface area contributed by atoms with Crippen LogP contribution in [0, 0.1) is 5.92 Å². The summed E-state index contributed by atoms with van der Waals surface area (Å²) in [4.78, 5) is 52.6. The molecule has 2 fully saturated rings. The third-order valence-electron chi connectivity index (χ3n) is 5.92. The number of carbonyl (C=O) groups excluding carboxylic acids is 4. The molecule has 1 aromatic rings. The number of urea groups is 1. The monoisotopic (exact) mass is 400 g/mol. The Hall–Kier alpha value is -2.90. The molecule has 2 aliphatic rings. The van der Waals surface area contributed by atoms with E-state index in [9.17, 15) is 19.2 Å². The molecule has 1 spiro atoms. The van der Waals surface area contributed by atoms with E-state index in [4.69, 9.17) is 0 Å². The second kappa shape index (κ2) is 8.23. The molecule has 0 unspecified atom stereocenters. The first-order chi connectivity index (χ1) is 13.8. The van der Waals surface area contributed by atoms with Gasteiger partial charge in [0.05, 0.1) is 11.3 Å². The molecule has 1 saturated carbocycles. The summed E-state index contributed by atoms with van der Waals surface area (Å²) < 4.78 is 0. The molecule has 156 valence electrons. The Kier molecular flexibility index (Phi) is 5.91. The number of imide groups is 1. The second-order valence-corrected chi connectivity index (χ2v) is 8.05. The zero-order chi connectivity index (χ0) is 21.2. The topological polar surface area (TPSA) is 98.8 Å². The van der Waals surface area contributed by atoms with Crippen LogP contribution in [0.15, 0.2) is 24.3 Å². The Morgan fingerprint density at radius 1 is 1.21 bits per heavy atom. The average molecular weight is 400 g/mol. The van der Waals surface area contributed by atoms with Crippen LogP contribution in [0.2, 0.25) is 0 Å². The fourth-order valence-electron chi connectivity index (χ4n) is 4.09. The van der Waals surface area contributed by atoms with Crippen molar-refractivity contribution in [2.75, 3.05) is 26.0 Å². The van der Waals surface area contributed by atoms with Gasteiger partial charge in [-0.2, -0.15) is 0 Å². The van der Waals surface area contributed by atoms with Crippen LogP contribution in [-0.2, 0) is 9.59 Å². The molecule has 5 amide bonds. The van der Waals surface area contributed by atoms with Gasteiger partial charge in [0, 0.05) is 14.1 Å². The van der Waals surface area contributed by atoms with E-state index in [1.54, 1.807) is 38.4 Å². The molecule has 1 aromatic carbocycles. The van der Waals surface area contributed by atoms with Crippen LogP contribution in [0.1, 0.15) is 49.4 Å². The third-order valence-corrected chi connectivity index (χ3v) is 5.92. The number of nitrogens with one attached hydrogen (secondary N) is 2. The lowest BCUT2D eigenvalue weighted by Gasteiger charge is -2.34. The average Bonchev–Trinajstić information content (AvgIpc) is 2.92. The molecule has 1 aliphatic carbocycles. The fraction of sp³-hybridized carbons (Fsp3) is 0.524. The van der Waals surface area contributed by atoms with Gasteiger partial charge in [-0.3, -0.25) is 19.3 Å². The largest absolute Gasteiger partial charge is 0.345 e. The molecule has 1 aliphatic heterocycles. The third kappa shape index (κ3) is 4.11. The van der Waals surface area contributed by atoms with Crippen molar-refractivity contribution < 1.29 is 19.2 Å².